The van der Waals surface area contributed by atoms with Gasteiger partial charge in [-0.2, -0.15) is 0 Å². The van der Waals surface area contributed by atoms with E-state index < -0.39 is 5.97 Å². The SMILES string of the molecule is CCCN(CCCC(=O)O)c1c(C)cc(C)cc1C. The first kappa shape index (κ1) is 15.5. The molecule has 0 atom stereocenters. The summed E-state index contributed by atoms with van der Waals surface area (Å²) in [6, 6.07) is 4.39. The van der Waals surface area contributed by atoms with Crippen molar-refractivity contribution >= 4 is 11.7 Å². The number of benzene rings is 1. The molecule has 106 valence electrons. The minimum absolute atomic E-state index is 0.240. The smallest absolute Gasteiger partial charge is 0.303 e. The van der Waals surface area contributed by atoms with Crippen LogP contribution in [0.1, 0.15) is 42.9 Å². The maximum atomic E-state index is 10.6. The minimum Gasteiger partial charge on any atom is -0.481 e. The Morgan fingerprint density at radius 3 is 2.21 bits per heavy atom. The summed E-state index contributed by atoms with van der Waals surface area (Å²) in [5.74, 6) is -0.714. The van der Waals surface area contributed by atoms with E-state index in [1.54, 1.807) is 0 Å². The Morgan fingerprint density at radius 1 is 1.16 bits per heavy atom. The molecule has 0 bridgehead atoms. The monoisotopic (exact) mass is 263 g/mol. The second-order valence-corrected chi connectivity index (χ2v) is 5.23. The predicted molar refractivity (Wildman–Crippen MR) is 80.0 cm³/mol. The number of hydrogen-bond acceptors (Lipinski definition) is 2. The number of carboxylic acid groups (broad SMARTS) is 1. The molecular formula is C16H25NO2. The van der Waals surface area contributed by atoms with Gasteiger partial charge in [-0.3, -0.25) is 4.79 Å². The fraction of sp³-hybridized carbons (Fsp3) is 0.562. The molecule has 0 fully saturated rings. The molecule has 0 aliphatic heterocycles. The molecule has 0 amide bonds. The van der Waals surface area contributed by atoms with Crippen LogP contribution in [0, 0.1) is 20.8 Å². The summed E-state index contributed by atoms with van der Waals surface area (Å²) in [5.41, 5.74) is 5.11. The average molecular weight is 263 g/mol. The molecule has 0 heterocycles. The van der Waals surface area contributed by atoms with E-state index in [-0.39, 0.29) is 6.42 Å². The molecule has 0 aliphatic carbocycles. The standard InChI is InChI=1S/C16H25NO2/c1-5-8-17(9-6-7-15(18)19)16-13(3)10-12(2)11-14(16)4/h10-11H,5-9H2,1-4H3,(H,18,19). The Kier molecular flexibility index (Phi) is 5.87. The Labute approximate surface area is 116 Å². The highest BCUT2D eigenvalue weighted by Crippen LogP contribution is 2.26. The zero-order valence-electron chi connectivity index (χ0n) is 12.5. The number of anilines is 1. The molecule has 0 saturated heterocycles. The van der Waals surface area contributed by atoms with Gasteiger partial charge in [0.1, 0.15) is 0 Å². The molecule has 19 heavy (non-hydrogen) atoms. The molecule has 0 saturated carbocycles. The van der Waals surface area contributed by atoms with Gasteiger partial charge >= 0.3 is 5.97 Å². The van der Waals surface area contributed by atoms with Crippen LogP contribution in [0.5, 0.6) is 0 Å². The quantitative estimate of drug-likeness (QED) is 0.815. The molecule has 1 aromatic rings. The van der Waals surface area contributed by atoms with Gasteiger partial charge in [0.2, 0.25) is 0 Å². The van der Waals surface area contributed by atoms with Crippen LogP contribution in [0.2, 0.25) is 0 Å². The van der Waals surface area contributed by atoms with Crippen LogP contribution in [-0.4, -0.2) is 24.2 Å². The van der Waals surface area contributed by atoms with Gasteiger partial charge in [0.15, 0.2) is 0 Å². The number of carbonyl (C=O) groups is 1. The molecule has 0 aliphatic rings. The van der Waals surface area contributed by atoms with E-state index in [0.717, 1.165) is 19.5 Å². The fourth-order valence-electron chi connectivity index (χ4n) is 2.70. The molecule has 1 aromatic carbocycles. The van der Waals surface area contributed by atoms with E-state index >= 15 is 0 Å². The largest absolute Gasteiger partial charge is 0.481 e. The van der Waals surface area contributed by atoms with E-state index in [4.69, 9.17) is 5.11 Å². The number of aliphatic carboxylic acids is 1. The van der Waals surface area contributed by atoms with Crippen molar-refractivity contribution in [1.82, 2.24) is 0 Å². The molecule has 3 heteroatoms. The minimum atomic E-state index is -0.714. The van der Waals surface area contributed by atoms with Crippen molar-refractivity contribution in [2.24, 2.45) is 0 Å². The molecule has 1 rings (SSSR count). The number of carboxylic acids is 1. The number of nitrogens with zero attached hydrogens (tertiary/aromatic N) is 1. The highest BCUT2D eigenvalue weighted by atomic mass is 16.4. The van der Waals surface area contributed by atoms with E-state index in [1.807, 2.05) is 0 Å². The van der Waals surface area contributed by atoms with Crippen LogP contribution in [0.4, 0.5) is 5.69 Å². The van der Waals surface area contributed by atoms with Gasteiger partial charge in [-0.25, -0.2) is 0 Å². The molecule has 0 unspecified atom stereocenters. The van der Waals surface area contributed by atoms with Crippen molar-refractivity contribution in [2.45, 2.75) is 47.0 Å². The molecule has 0 radical (unpaired) electrons. The lowest BCUT2D eigenvalue weighted by Gasteiger charge is -2.28. The maximum Gasteiger partial charge on any atom is 0.303 e. The first-order chi connectivity index (χ1) is 8.95. The first-order valence-electron chi connectivity index (χ1n) is 7.00. The van der Waals surface area contributed by atoms with Crippen LogP contribution >= 0.6 is 0 Å². The van der Waals surface area contributed by atoms with Gasteiger partial charge in [0, 0.05) is 25.2 Å². The van der Waals surface area contributed by atoms with E-state index in [2.05, 4.69) is 44.7 Å². The summed E-state index contributed by atoms with van der Waals surface area (Å²) in [7, 11) is 0. The maximum absolute atomic E-state index is 10.6. The lowest BCUT2D eigenvalue weighted by molar-refractivity contribution is -0.137. The third-order valence-corrected chi connectivity index (χ3v) is 3.26. The molecule has 1 N–H and O–H groups in total. The van der Waals surface area contributed by atoms with Gasteiger partial charge in [-0.15, -0.1) is 0 Å². The number of rotatable bonds is 7. The second kappa shape index (κ2) is 7.17. The van der Waals surface area contributed by atoms with E-state index in [0.29, 0.717) is 6.42 Å². The Bertz CT molecular complexity index is 417. The number of hydrogen-bond donors (Lipinski definition) is 1. The zero-order valence-corrected chi connectivity index (χ0v) is 12.5. The third-order valence-electron chi connectivity index (χ3n) is 3.26. The zero-order chi connectivity index (χ0) is 14.4. The summed E-state index contributed by atoms with van der Waals surface area (Å²) < 4.78 is 0. The summed E-state index contributed by atoms with van der Waals surface area (Å²) in [6.45, 7) is 10.3. The molecule has 3 nitrogen and oxygen atoms in total. The fourth-order valence-corrected chi connectivity index (χ4v) is 2.70. The van der Waals surface area contributed by atoms with Crippen molar-refractivity contribution in [1.29, 1.82) is 0 Å². The van der Waals surface area contributed by atoms with Crippen molar-refractivity contribution in [3.8, 4) is 0 Å². The van der Waals surface area contributed by atoms with Crippen LogP contribution in [0.25, 0.3) is 0 Å². The van der Waals surface area contributed by atoms with Crippen molar-refractivity contribution in [2.75, 3.05) is 18.0 Å². The predicted octanol–water partition coefficient (Wildman–Crippen LogP) is 3.69. The van der Waals surface area contributed by atoms with Gasteiger partial charge in [-0.05, 0) is 44.7 Å². The third kappa shape index (κ3) is 4.58. The van der Waals surface area contributed by atoms with E-state index in [1.165, 1.54) is 22.4 Å². The second-order valence-electron chi connectivity index (χ2n) is 5.23. The highest BCUT2D eigenvalue weighted by Gasteiger charge is 2.12. The lowest BCUT2D eigenvalue weighted by atomic mass is 10.0. The van der Waals surface area contributed by atoms with Crippen molar-refractivity contribution in [3.63, 3.8) is 0 Å². The van der Waals surface area contributed by atoms with Crippen LogP contribution < -0.4 is 4.90 Å². The summed E-state index contributed by atoms with van der Waals surface area (Å²) in [5, 5.41) is 8.75. The van der Waals surface area contributed by atoms with Crippen LogP contribution in [0.3, 0.4) is 0 Å². The Morgan fingerprint density at radius 2 is 1.74 bits per heavy atom. The van der Waals surface area contributed by atoms with E-state index in [9.17, 15) is 4.79 Å². The molecule has 0 spiro atoms. The van der Waals surface area contributed by atoms with Gasteiger partial charge in [-0.1, -0.05) is 24.6 Å². The van der Waals surface area contributed by atoms with Gasteiger partial charge < -0.3 is 10.0 Å². The average Bonchev–Trinajstić information content (AvgIpc) is 2.26. The van der Waals surface area contributed by atoms with Crippen molar-refractivity contribution in [3.05, 3.63) is 28.8 Å². The number of aryl methyl sites for hydroxylation is 3. The Balaban J connectivity index is 2.89. The van der Waals surface area contributed by atoms with Crippen molar-refractivity contribution < 1.29 is 9.90 Å². The summed E-state index contributed by atoms with van der Waals surface area (Å²) >= 11 is 0. The normalized spacial score (nSPS) is 10.5. The Hall–Kier alpha value is -1.51. The molecular weight excluding hydrogens is 238 g/mol. The lowest BCUT2D eigenvalue weighted by Crippen LogP contribution is -2.27. The topological polar surface area (TPSA) is 40.5 Å². The summed E-state index contributed by atoms with van der Waals surface area (Å²) in [4.78, 5) is 13.0. The molecule has 0 aromatic heterocycles. The van der Waals surface area contributed by atoms with Crippen LogP contribution in [0.15, 0.2) is 12.1 Å². The van der Waals surface area contributed by atoms with Gasteiger partial charge in [0.05, 0.1) is 0 Å². The van der Waals surface area contributed by atoms with Gasteiger partial charge in [0.25, 0.3) is 0 Å². The van der Waals surface area contributed by atoms with Crippen LogP contribution in [-0.2, 0) is 4.79 Å². The first-order valence-corrected chi connectivity index (χ1v) is 7.00. The summed E-state index contributed by atoms with van der Waals surface area (Å²) in [6.07, 6.45) is 2.01. The highest BCUT2D eigenvalue weighted by molar-refractivity contribution is 5.67.